The highest BCUT2D eigenvalue weighted by Gasteiger charge is 2.19. The van der Waals surface area contributed by atoms with Gasteiger partial charge in [-0.2, -0.15) is 0 Å². The van der Waals surface area contributed by atoms with E-state index < -0.39 is 0 Å². The van der Waals surface area contributed by atoms with Crippen LogP contribution in [0.5, 0.6) is 0 Å². The molecule has 0 radical (unpaired) electrons. The standard InChI is InChI=1S/C17H21N5O2S/c18-8-7-15-19-14(11-25-15)16(23)20-12-5-1-2-6-13(12)21-17(24)22-9-3-4-10-22/h1-2,5-6,11H,3-4,7-10,18H2,(H,20,23)(H,21,24). The second-order valence-electron chi connectivity index (χ2n) is 5.79. The largest absolute Gasteiger partial charge is 0.330 e. The molecule has 1 fully saturated rings. The van der Waals surface area contributed by atoms with Gasteiger partial charge in [0.15, 0.2) is 0 Å². The van der Waals surface area contributed by atoms with Crippen LogP contribution in [0.3, 0.4) is 0 Å². The van der Waals surface area contributed by atoms with Gasteiger partial charge in [-0.1, -0.05) is 12.1 Å². The van der Waals surface area contributed by atoms with Crippen molar-refractivity contribution in [2.75, 3.05) is 30.3 Å². The number of urea groups is 1. The molecule has 4 N–H and O–H groups in total. The minimum absolute atomic E-state index is 0.141. The number of aromatic nitrogens is 1. The highest BCUT2D eigenvalue weighted by atomic mass is 32.1. The van der Waals surface area contributed by atoms with E-state index in [1.807, 2.05) is 12.1 Å². The zero-order valence-electron chi connectivity index (χ0n) is 13.8. The van der Waals surface area contributed by atoms with Gasteiger partial charge in [0.1, 0.15) is 5.69 Å². The molecule has 0 bridgehead atoms. The lowest BCUT2D eigenvalue weighted by atomic mass is 10.2. The number of nitrogens with zero attached hydrogens (tertiary/aromatic N) is 2. The second kappa shape index (κ2) is 8.09. The normalized spacial score (nSPS) is 13.7. The first-order chi connectivity index (χ1) is 12.2. The fraction of sp³-hybridized carbons (Fsp3) is 0.353. The molecule has 0 spiro atoms. The van der Waals surface area contributed by atoms with Gasteiger partial charge in [-0.05, 0) is 31.5 Å². The number of hydrogen-bond donors (Lipinski definition) is 3. The van der Waals surface area contributed by atoms with Gasteiger partial charge in [0.25, 0.3) is 5.91 Å². The van der Waals surface area contributed by atoms with E-state index in [-0.39, 0.29) is 11.9 Å². The van der Waals surface area contributed by atoms with Gasteiger partial charge in [0.2, 0.25) is 0 Å². The highest BCUT2D eigenvalue weighted by molar-refractivity contribution is 7.09. The minimum atomic E-state index is -0.303. The van der Waals surface area contributed by atoms with Gasteiger partial charge in [-0.3, -0.25) is 4.79 Å². The summed E-state index contributed by atoms with van der Waals surface area (Å²) < 4.78 is 0. The third-order valence-electron chi connectivity index (χ3n) is 3.95. The first-order valence-corrected chi connectivity index (χ1v) is 9.16. The maximum absolute atomic E-state index is 12.4. The summed E-state index contributed by atoms with van der Waals surface area (Å²) in [7, 11) is 0. The SMILES string of the molecule is NCCc1nc(C(=O)Nc2ccccc2NC(=O)N2CCCC2)cs1. The summed E-state index contributed by atoms with van der Waals surface area (Å²) in [4.78, 5) is 30.7. The van der Waals surface area contributed by atoms with Crippen LogP contribution in [-0.4, -0.2) is 41.5 Å². The van der Waals surface area contributed by atoms with Crippen molar-refractivity contribution in [2.45, 2.75) is 19.3 Å². The van der Waals surface area contributed by atoms with E-state index in [0.717, 1.165) is 30.9 Å². The Hall–Kier alpha value is -2.45. The molecule has 0 atom stereocenters. The van der Waals surface area contributed by atoms with E-state index in [0.29, 0.717) is 30.0 Å². The zero-order chi connectivity index (χ0) is 17.6. The Morgan fingerprint density at radius 3 is 2.52 bits per heavy atom. The summed E-state index contributed by atoms with van der Waals surface area (Å²) >= 11 is 1.42. The molecular weight excluding hydrogens is 338 g/mol. The van der Waals surface area contributed by atoms with Gasteiger partial charge in [-0.15, -0.1) is 11.3 Å². The van der Waals surface area contributed by atoms with Gasteiger partial charge in [0, 0.05) is 24.9 Å². The molecule has 1 aromatic heterocycles. The van der Waals surface area contributed by atoms with Crippen LogP contribution in [0, 0.1) is 0 Å². The Kier molecular flexibility index (Phi) is 5.62. The quantitative estimate of drug-likeness (QED) is 0.763. The highest BCUT2D eigenvalue weighted by Crippen LogP contribution is 2.23. The van der Waals surface area contributed by atoms with E-state index in [9.17, 15) is 9.59 Å². The fourth-order valence-corrected chi connectivity index (χ4v) is 3.45. The van der Waals surface area contributed by atoms with Crippen molar-refractivity contribution in [2.24, 2.45) is 5.73 Å². The maximum Gasteiger partial charge on any atom is 0.321 e. The summed E-state index contributed by atoms with van der Waals surface area (Å²) in [5.41, 5.74) is 6.99. The molecule has 132 valence electrons. The van der Waals surface area contributed by atoms with Gasteiger partial charge in [0.05, 0.1) is 16.4 Å². The first kappa shape index (κ1) is 17.4. The predicted molar refractivity (Wildman–Crippen MR) is 99.1 cm³/mol. The Bertz CT molecular complexity index is 755. The molecule has 2 heterocycles. The lowest BCUT2D eigenvalue weighted by Crippen LogP contribution is -2.32. The van der Waals surface area contributed by atoms with E-state index in [1.165, 1.54) is 11.3 Å². The van der Waals surface area contributed by atoms with Crippen molar-refractivity contribution >= 4 is 34.6 Å². The number of anilines is 2. The summed E-state index contributed by atoms with van der Waals surface area (Å²) in [5, 5.41) is 8.24. The summed E-state index contributed by atoms with van der Waals surface area (Å²) in [6.45, 7) is 2.03. The van der Waals surface area contributed by atoms with Crippen molar-refractivity contribution in [3.8, 4) is 0 Å². The summed E-state index contributed by atoms with van der Waals surface area (Å²) in [6, 6.07) is 7.01. The van der Waals surface area contributed by atoms with Crippen LogP contribution in [0.1, 0.15) is 28.3 Å². The molecule has 3 rings (SSSR count). The van der Waals surface area contributed by atoms with E-state index in [4.69, 9.17) is 5.73 Å². The molecule has 0 unspecified atom stereocenters. The molecule has 1 aliphatic rings. The number of hydrogen-bond acceptors (Lipinski definition) is 5. The molecule has 1 aromatic carbocycles. The number of thiazole rings is 1. The average Bonchev–Trinajstić information content (AvgIpc) is 3.28. The summed E-state index contributed by atoms with van der Waals surface area (Å²) in [6.07, 6.45) is 2.71. The van der Waals surface area contributed by atoms with Crippen LogP contribution >= 0.6 is 11.3 Å². The molecule has 3 amide bonds. The number of nitrogens with one attached hydrogen (secondary N) is 2. The van der Waals surface area contributed by atoms with E-state index >= 15 is 0 Å². The number of amides is 3. The number of nitrogens with two attached hydrogens (primary N) is 1. The smallest absolute Gasteiger partial charge is 0.321 e. The molecule has 1 aliphatic heterocycles. The van der Waals surface area contributed by atoms with Crippen LogP contribution in [0.15, 0.2) is 29.6 Å². The number of para-hydroxylation sites is 2. The van der Waals surface area contributed by atoms with Gasteiger partial charge < -0.3 is 21.3 Å². The molecule has 7 nitrogen and oxygen atoms in total. The minimum Gasteiger partial charge on any atom is -0.330 e. The molecule has 0 saturated carbocycles. The van der Waals surface area contributed by atoms with Crippen LogP contribution in [0.2, 0.25) is 0 Å². The monoisotopic (exact) mass is 359 g/mol. The first-order valence-electron chi connectivity index (χ1n) is 8.28. The van der Waals surface area contributed by atoms with Crippen molar-refractivity contribution in [3.05, 3.63) is 40.3 Å². The number of carbonyl (C=O) groups excluding carboxylic acids is 2. The van der Waals surface area contributed by atoms with Gasteiger partial charge >= 0.3 is 6.03 Å². The number of likely N-dealkylation sites (tertiary alicyclic amines) is 1. The molecule has 8 heteroatoms. The van der Waals surface area contributed by atoms with E-state index in [2.05, 4.69) is 15.6 Å². The molecule has 25 heavy (non-hydrogen) atoms. The maximum atomic E-state index is 12.4. The third-order valence-corrected chi connectivity index (χ3v) is 4.86. The lowest BCUT2D eigenvalue weighted by Gasteiger charge is -2.18. The molecular formula is C17H21N5O2S. The van der Waals surface area contributed by atoms with E-state index in [1.54, 1.807) is 22.4 Å². The Labute approximate surface area is 150 Å². The number of rotatable bonds is 5. The predicted octanol–water partition coefficient (Wildman–Crippen LogP) is 2.52. The Morgan fingerprint density at radius 2 is 1.84 bits per heavy atom. The molecule has 1 saturated heterocycles. The van der Waals surface area contributed by atoms with Crippen molar-refractivity contribution in [1.29, 1.82) is 0 Å². The van der Waals surface area contributed by atoms with Crippen molar-refractivity contribution in [1.82, 2.24) is 9.88 Å². The number of benzene rings is 1. The summed E-state index contributed by atoms with van der Waals surface area (Å²) in [5.74, 6) is -0.303. The van der Waals surface area contributed by atoms with Crippen LogP contribution in [0.4, 0.5) is 16.2 Å². The molecule has 0 aliphatic carbocycles. The zero-order valence-corrected chi connectivity index (χ0v) is 14.6. The third kappa shape index (κ3) is 4.34. The fourth-order valence-electron chi connectivity index (χ4n) is 2.66. The molecule has 2 aromatic rings. The topological polar surface area (TPSA) is 100 Å². The average molecular weight is 359 g/mol. The van der Waals surface area contributed by atoms with Crippen LogP contribution in [-0.2, 0) is 6.42 Å². The van der Waals surface area contributed by atoms with Crippen molar-refractivity contribution in [3.63, 3.8) is 0 Å². The lowest BCUT2D eigenvalue weighted by molar-refractivity contribution is 0.102. The number of carbonyl (C=O) groups is 2. The Morgan fingerprint density at radius 1 is 1.16 bits per heavy atom. The van der Waals surface area contributed by atoms with Crippen LogP contribution in [0.25, 0.3) is 0 Å². The van der Waals surface area contributed by atoms with Crippen molar-refractivity contribution < 1.29 is 9.59 Å². The van der Waals surface area contributed by atoms with Gasteiger partial charge in [-0.25, -0.2) is 9.78 Å². The Balaban J connectivity index is 1.69. The second-order valence-corrected chi connectivity index (χ2v) is 6.73. The van der Waals surface area contributed by atoms with Crippen LogP contribution < -0.4 is 16.4 Å².